The molecule has 2 heteroatoms. The molecule has 1 fully saturated rings. The molecule has 0 aromatic carbocycles. The zero-order valence-electron chi connectivity index (χ0n) is 5.35. The highest BCUT2D eigenvalue weighted by molar-refractivity contribution is 4.76. The predicted molar refractivity (Wildman–Crippen MR) is 34.4 cm³/mol. The summed E-state index contributed by atoms with van der Waals surface area (Å²) in [6.07, 6.45) is 4.20. The summed E-state index contributed by atoms with van der Waals surface area (Å²) in [4.78, 5) is 0. The molecule has 0 aliphatic heterocycles. The lowest BCUT2D eigenvalue weighted by Crippen LogP contribution is -2.45. The van der Waals surface area contributed by atoms with E-state index in [1.165, 1.54) is 19.3 Å². The van der Waals surface area contributed by atoms with Gasteiger partial charge in [-0.15, -0.1) is 0 Å². The fraction of sp³-hybridized carbons (Fsp3) is 1.00. The van der Waals surface area contributed by atoms with E-state index < -0.39 is 0 Å². The van der Waals surface area contributed by atoms with Gasteiger partial charge in [-0.2, -0.15) is 0 Å². The Morgan fingerprint density at radius 2 is 2.25 bits per heavy atom. The first-order valence-electron chi connectivity index (χ1n) is 3.30. The zero-order chi connectivity index (χ0) is 5.98. The van der Waals surface area contributed by atoms with Gasteiger partial charge in [0.2, 0.25) is 0 Å². The van der Waals surface area contributed by atoms with E-state index in [1.807, 2.05) is 6.92 Å². The van der Waals surface area contributed by atoms with Crippen molar-refractivity contribution in [3.05, 3.63) is 0 Å². The van der Waals surface area contributed by atoms with Crippen molar-refractivity contribution in [2.45, 2.75) is 38.4 Å². The molecule has 0 heterocycles. The second-order valence-electron chi connectivity index (χ2n) is 2.58. The van der Waals surface area contributed by atoms with E-state index in [0.717, 1.165) is 6.04 Å². The van der Waals surface area contributed by atoms with Gasteiger partial charge >= 0.3 is 0 Å². The van der Waals surface area contributed by atoms with Gasteiger partial charge in [0, 0.05) is 6.04 Å². The van der Waals surface area contributed by atoms with E-state index in [4.69, 9.17) is 5.73 Å². The molecule has 1 aliphatic carbocycles. The minimum atomic E-state index is 0.181. The summed E-state index contributed by atoms with van der Waals surface area (Å²) in [5.74, 6) is 0. The summed E-state index contributed by atoms with van der Waals surface area (Å²) in [6.45, 7) is 1.98. The molecule has 0 amide bonds. The van der Waals surface area contributed by atoms with Crippen molar-refractivity contribution < 1.29 is 0 Å². The summed E-state index contributed by atoms with van der Waals surface area (Å²) < 4.78 is 0. The lowest BCUT2D eigenvalue weighted by molar-refractivity contribution is 0.313. The third-order valence-corrected chi connectivity index (χ3v) is 1.60. The Labute approximate surface area is 50.4 Å². The lowest BCUT2D eigenvalue weighted by Gasteiger charge is -2.28. The zero-order valence-corrected chi connectivity index (χ0v) is 5.35. The van der Waals surface area contributed by atoms with Crippen molar-refractivity contribution in [1.82, 2.24) is 5.32 Å². The van der Waals surface area contributed by atoms with Crippen LogP contribution in [0.4, 0.5) is 0 Å². The first kappa shape index (κ1) is 6.05. The van der Waals surface area contributed by atoms with Crippen LogP contribution in [0.2, 0.25) is 0 Å². The van der Waals surface area contributed by atoms with E-state index in [2.05, 4.69) is 5.32 Å². The van der Waals surface area contributed by atoms with Crippen molar-refractivity contribution >= 4 is 0 Å². The molecule has 0 aromatic rings. The monoisotopic (exact) mass is 114 g/mol. The Balaban J connectivity index is 2.01. The maximum atomic E-state index is 5.49. The highest BCUT2D eigenvalue weighted by Crippen LogP contribution is 2.17. The Bertz CT molecular complexity index is 66.9. The molecule has 0 radical (unpaired) electrons. The number of hydrogen-bond acceptors (Lipinski definition) is 2. The van der Waals surface area contributed by atoms with Gasteiger partial charge in [0.05, 0.1) is 6.17 Å². The standard InChI is InChI=1S/C6H14N2/c1-5(7)8-6-3-2-4-6/h5-6,8H,2-4,7H2,1H3. The van der Waals surface area contributed by atoms with Crippen LogP contribution in [-0.4, -0.2) is 12.2 Å². The molecule has 1 rings (SSSR count). The van der Waals surface area contributed by atoms with Crippen molar-refractivity contribution in [1.29, 1.82) is 0 Å². The Morgan fingerprint density at radius 1 is 1.62 bits per heavy atom. The van der Waals surface area contributed by atoms with Crippen LogP contribution in [0.25, 0.3) is 0 Å². The van der Waals surface area contributed by atoms with Crippen LogP contribution in [0, 0.1) is 0 Å². The van der Waals surface area contributed by atoms with Gasteiger partial charge in [-0.1, -0.05) is 6.42 Å². The average Bonchev–Trinajstić information content (AvgIpc) is 1.55. The molecule has 1 saturated carbocycles. The van der Waals surface area contributed by atoms with Gasteiger partial charge in [0.25, 0.3) is 0 Å². The first-order chi connectivity index (χ1) is 3.79. The molecule has 2 nitrogen and oxygen atoms in total. The number of nitrogens with two attached hydrogens (primary N) is 1. The molecule has 3 N–H and O–H groups in total. The molecule has 8 heavy (non-hydrogen) atoms. The SMILES string of the molecule is CC(N)NC1CCC1. The minimum absolute atomic E-state index is 0.181. The molecule has 48 valence electrons. The third kappa shape index (κ3) is 1.46. The molecule has 0 saturated heterocycles. The fourth-order valence-corrected chi connectivity index (χ4v) is 0.947. The summed E-state index contributed by atoms with van der Waals surface area (Å²) in [6, 6.07) is 0.731. The second kappa shape index (κ2) is 2.46. The normalized spacial score (nSPS) is 24.8. The summed E-state index contributed by atoms with van der Waals surface area (Å²) in [7, 11) is 0. The summed E-state index contributed by atoms with van der Waals surface area (Å²) >= 11 is 0. The first-order valence-corrected chi connectivity index (χ1v) is 3.30. The van der Waals surface area contributed by atoms with Crippen molar-refractivity contribution in [2.75, 3.05) is 0 Å². The number of rotatable bonds is 2. The summed E-state index contributed by atoms with van der Waals surface area (Å²) in [5, 5.41) is 3.26. The van der Waals surface area contributed by atoms with E-state index in [-0.39, 0.29) is 6.17 Å². The largest absolute Gasteiger partial charge is 0.316 e. The highest BCUT2D eigenvalue weighted by atomic mass is 15.0. The van der Waals surface area contributed by atoms with Crippen LogP contribution in [-0.2, 0) is 0 Å². The molecule has 0 bridgehead atoms. The number of hydrogen-bond donors (Lipinski definition) is 2. The van der Waals surface area contributed by atoms with E-state index in [0.29, 0.717) is 0 Å². The van der Waals surface area contributed by atoms with Crippen LogP contribution in [0.15, 0.2) is 0 Å². The van der Waals surface area contributed by atoms with E-state index >= 15 is 0 Å². The van der Waals surface area contributed by atoms with Crippen LogP contribution in [0.5, 0.6) is 0 Å². The average molecular weight is 114 g/mol. The number of nitrogens with one attached hydrogen (secondary N) is 1. The molecule has 1 unspecified atom stereocenters. The Hall–Kier alpha value is -0.0800. The molecule has 0 aromatic heterocycles. The van der Waals surface area contributed by atoms with Gasteiger partial charge in [-0.25, -0.2) is 0 Å². The maximum absolute atomic E-state index is 5.49. The van der Waals surface area contributed by atoms with Gasteiger partial charge in [-0.05, 0) is 19.8 Å². The van der Waals surface area contributed by atoms with E-state index in [9.17, 15) is 0 Å². The smallest absolute Gasteiger partial charge is 0.0519 e. The van der Waals surface area contributed by atoms with Crippen molar-refractivity contribution in [2.24, 2.45) is 5.73 Å². The van der Waals surface area contributed by atoms with Gasteiger partial charge < -0.3 is 5.73 Å². The topological polar surface area (TPSA) is 38.0 Å². The van der Waals surface area contributed by atoms with Gasteiger partial charge in [-0.3, -0.25) is 5.32 Å². The van der Waals surface area contributed by atoms with Crippen LogP contribution in [0.1, 0.15) is 26.2 Å². The Kier molecular flexibility index (Phi) is 1.86. The Morgan fingerprint density at radius 3 is 2.38 bits per heavy atom. The minimum Gasteiger partial charge on any atom is -0.316 e. The molecule has 1 aliphatic rings. The van der Waals surface area contributed by atoms with Crippen LogP contribution < -0.4 is 11.1 Å². The fourth-order valence-electron chi connectivity index (χ4n) is 0.947. The lowest BCUT2D eigenvalue weighted by atomic mass is 9.93. The maximum Gasteiger partial charge on any atom is 0.0519 e. The summed E-state index contributed by atoms with van der Waals surface area (Å²) in [5.41, 5.74) is 5.49. The van der Waals surface area contributed by atoms with Crippen molar-refractivity contribution in [3.8, 4) is 0 Å². The highest BCUT2D eigenvalue weighted by Gasteiger charge is 2.16. The predicted octanol–water partition coefficient (Wildman–Crippen LogP) is 0.433. The molecular weight excluding hydrogens is 100 g/mol. The van der Waals surface area contributed by atoms with Gasteiger partial charge in [0.1, 0.15) is 0 Å². The van der Waals surface area contributed by atoms with Crippen LogP contribution in [0.3, 0.4) is 0 Å². The van der Waals surface area contributed by atoms with E-state index in [1.54, 1.807) is 0 Å². The van der Waals surface area contributed by atoms with Gasteiger partial charge in [0.15, 0.2) is 0 Å². The van der Waals surface area contributed by atoms with Crippen LogP contribution >= 0.6 is 0 Å². The second-order valence-corrected chi connectivity index (χ2v) is 2.58. The molecule has 1 atom stereocenters. The molecule has 0 spiro atoms. The quantitative estimate of drug-likeness (QED) is 0.511. The third-order valence-electron chi connectivity index (χ3n) is 1.60. The molecular formula is C6H14N2. The van der Waals surface area contributed by atoms with Crippen molar-refractivity contribution in [3.63, 3.8) is 0 Å².